The van der Waals surface area contributed by atoms with E-state index in [0.29, 0.717) is 12.5 Å². The van der Waals surface area contributed by atoms with Crippen LogP contribution in [0.25, 0.3) is 10.6 Å². The van der Waals surface area contributed by atoms with Gasteiger partial charge in [0.2, 0.25) is 5.91 Å². The van der Waals surface area contributed by atoms with Gasteiger partial charge in [-0.15, -0.1) is 36.2 Å². The number of hydrogen-bond acceptors (Lipinski definition) is 4. The van der Waals surface area contributed by atoms with Gasteiger partial charge in [-0.2, -0.15) is 0 Å². The molecule has 0 spiro atoms. The summed E-state index contributed by atoms with van der Waals surface area (Å²) in [7, 11) is 0. The van der Waals surface area contributed by atoms with Crippen molar-refractivity contribution in [1.29, 1.82) is 0 Å². The van der Waals surface area contributed by atoms with E-state index in [1.807, 2.05) is 5.38 Å². The van der Waals surface area contributed by atoms with Crippen LogP contribution in [-0.4, -0.2) is 29.5 Å². The van der Waals surface area contributed by atoms with Gasteiger partial charge in [-0.25, -0.2) is 4.98 Å². The highest BCUT2D eigenvalue weighted by Crippen LogP contribution is 2.24. The molecular formula is C18H25Cl2N3OS. The van der Waals surface area contributed by atoms with Gasteiger partial charge < -0.3 is 10.6 Å². The molecule has 1 aliphatic heterocycles. The lowest BCUT2D eigenvalue weighted by atomic mass is 10.00. The lowest BCUT2D eigenvalue weighted by Gasteiger charge is -2.30. The Labute approximate surface area is 165 Å². The van der Waals surface area contributed by atoms with Gasteiger partial charge in [-0.1, -0.05) is 29.8 Å². The van der Waals surface area contributed by atoms with Gasteiger partial charge in [0.1, 0.15) is 5.01 Å². The van der Waals surface area contributed by atoms with Crippen LogP contribution in [0.4, 0.5) is 0 Å². The van der Waals surface area contributed by atoms with E-state index in [2.05, 4.69) is 53.7 Å². The minimum atomic E-state index is 0. The van der Waals surface area contributed by atoms with Crippen LogP contribution in [0.2, 0.25) is 0 Å². The minimum absolute atomic E-state index is 0. The molecule has 25 heavy (non-hydrogen) atoms. The van der Waals surface area contributed by atoms with Crippen LogP contribution in [0.15, 0.2) is 29.6 Å². The Hall–Kier alpha value is -1.14. The highest BCUT2D eigenvalue weighted by atomic mass is 35.5. The summed E-state index contributed by atoms with van der Waals surface area (Å²) in [5.74, 6) is 0.0614. The molecule has 1 fully saturated rings. The summed E-state index contributed by atoms with van der Waals surface area (Å²) in [5, 5.41) is 9.50. The van der Waals surface area contributed by atoms with E-state index in [4.69, 9.17) is 0 Å². The smallest absolute Gasteiger partial charge is 0.226 e. The van der Waals surface area contributed by atoms with Gasteiger partial charge in [0.15, 0.2) is 0 Å². The predicted octanol–water partition coefficient (Wildman–Crippen LogP) is 3.76. The number of aryl methyl sites for hydroxylation is 1. The Balaban J connectivity index is 0.00000156. The lowest BCUT2D eigenvalue weighted by molar-refractivity contribution is -0.121. The molecule has 2 N–H and O–H groups in total. The van der Waals surface area contributed by atoms with E-state index in [1.54, 1.807) is 11.3 Å². The number of aromatic nitrogens is 1. The predicted molar refractivity (Wildman–Crippen MR) is 109 cm³/mol. The fourth-order valence-corrected chi connectivity index (χ4v) is 3.71. The average Bonchev–Trinajstić information content (AvgIpc) is 2.98. The van der Waals surface area contributed by atoms with Gasteiger partial charge in [0.25, 0.3) is 0 Å². The first-order chi connectivity index (χ1) is 11.1. The number of thiazole rings is 1. The molecule has 2 heterocycles. The van der Waals surface area contributed by atoms with E-state index in [0.717, 1.165) is 35.7 Å². The molecule has 0 aliphatic carbocycles. The van der Waals surface area contributed by atoms with Crippen molar-refractivity contribution in [2.45, 2.75) is 45.2 Å². The molecule has 1 amide bonds. The largest absolute Gasteiger partial charge is 0.351 e. The molecular weight excluding hydrogens is 377 g/mol. The molecule has 1 aromatic heterocycles. The van der Waals surface area contributed by atoms with Crippen LogP contribution in [0.3, 0.4) is 0 Å². The monoisotopic (exact) mass is 401 g/mol. The normalized spacial score (nSPS) is 19.4. The van der Waals surface area contributed by atoms with Gasteiger partial charge in [-0.05, 0) is 33.2 Å². The Morgan fingerprint density at radius 1 is 1.32 bits per heavy atom. The van der Waals surface area contributed by atoms with Crippen LogP contribution >= 0.6 is 36.2 Å². The lowest BCUT2D eigenvalue weighted by Crippen LogP contribution is -2.52. The van der Waals surface area contributed by atoms with Gasteiger partial charge in [0.05, 0.1) is 12.1 Å². The van der Waals surface area contributed by atoms with E-state index in [9.17, 15) is 4.79 Å². The van der Waals surface area contributed by atoms with Crippen molar-refractivity contribution in [2.75, 3.05) is 6.54 Å². The highest BCUT2D eigenvalue weighted by molar-refractivity contribution is 7.13. The van der Waals surface area contributed by atoms with Crippen molar-refractivity contribution in [3.63, 3.8) is 0 Å². The number of carbonyl (C=O) groups is 1. The fourth-order valence-electron chi connectivity index (χ4n) is 2.88. The molecule has 138 valence electrons. The Bertz CT molecular complexity index is 675. The number of hydrogen-bond donors (Lipinski definition) is 2. The second-order valence-electron chi connectivity index (χ2n) is 6.25. The van der Waals surface area contributed by atoms with Crippen molar-refractivity contribution < 1.29 is 4.79 Å². The summed E-state index contributed by atoms with van der Waals surface area (Å²) < 4.78 is 0. The molecule has 2 aromatic rings. The maximum absolute atomic E-state index is 12.2. The van der Waals surface area contributed by atoms with E-state index < -0.39 is 0 Å². The molecule has 0 bridgehead atoms. The third-order valence-corrected chi connectivity index (χ3v) is 5.24. The maximum Gasteiger partial charge on any atom is 0.226 e. The van der Waals surface area contributed by atoms with Crippen LogP contribution in [0.1, 0.15) is 31.0 Å². The number of nitrogens with one attached hydrogen (secondary N) is 2. The van der Waals surface area contributed by atoms with Gasteiger partial charge in [-0.3, -0.25) is 4.79 Å². The Kier molecular flexibility index (Phi) is 8.86. The zero-order chi connectivity index (χ0) is 16.2. The van der Waals surface area contributed by atoms with Crippen LogP contribution < -0.4 is 10.6 Å². The summed E-state index contributed by atoms with van der Waals surface area (Å²) in [6.45, 7) is 5.24. The SMILES string of the molecule is Cc1ccc(-c2nc(CC(=O)NC3CCCNC3C)cs2)cc1.Cl.Cl. The quantitative estimate of drug-likeness (QED) is 0.819. The van der Waals surface area contributed by atoms with Crippen molar-refractivity contribution in [1.82, 2.24) is 15.6 Å². The zero-order valence-electron chi connectivity index (χ0n) is 14.5. The van der Waals surface area contributed by atoms with Gasteiger partial charge >= 0.3 is 0 Å². The zero-order valence-corrected chi connectivity index (χ0v) is 16.9. The summed E-state index contributed by atoms with van der Waals surface area (Å²) in [6, 6.07) is 8.89. The minimum Gasteiger partial charge on any atom is -0.351 e. The topological polar surface area (TPSA) is 54.0 Å². The standard InChI is InChI=1S/C18H23N3OS.2ClH/c1-12-5-7-14(8-6-12)18-20-15(11-23-18)10-17(22)21-16-4-3-9-19-13(16)2;;/h5-8,11,13,16,19H,3-4,9-10H2,1-2H3,(H,21,22);2*1H. The molecule has 4 nitrogen and oxygen atoms in total. The van der Waals surface area contributed by atoms with Crippen LogP contribution in [0.5, 0.6) is 0 Å². The highest BCUT2D eigenvalue weighted by Gasteiger charge is 2.22. The summed E-state index contributed by atoms with van der Waals surface area (Å²) >= 11 is 1.59. The third kappa shape index (κ3) is 5.96. The number of carbonyl (C=O) groups excluding carboxylic acids is 1. The molecule has 1 saturated heterocycles. The second kappa shape index (κ2) is 10.1. The Morgan fingerprint density at radius 3 is 2.72 bits per heavy atom. The van der Waals surface area contributed by atoms with Crippen LogP contribution in [0, 0.1) is 6.92 Å². The first-order valence-corrected chi connectivity index (χ1v) is 9.04. The molecule has 1 aliphatic rings. The fraction of sp³-hybridized carbons (Fsp3) is 0.444. The summed E-state index contributed by atoms with van der Waals surface area (Å²) in [6.07, 6.45) is 2.51. The number of nitrogens with zero attached hydrogens (tertiary/aromatic N) is 1. The van der Waals surface area contributed by atoms with E-state index >= 15 is 0 Å². The molecule has 2 unspecified atom stereocenters. The second-order valence-corrected chi connectivity index (χ2v) is 7.10. The number of piperidine rings is 1. The van der Waals surface area contributed by atoms with Crippen LogP contribution in [-0.2, 0) is 11.2 Å². The van der Waals surface area contributed by atoms with Crippen molar-refractivity contribution in [3.8, 4) is 10.6 Å². The summed E-state index contributed by atoms with van der Waals surface area (Å²) in [5.41, 5.74) is 3.19. The van der Waals surface area contributed by atoms with Crippen molar-refractivity contribution in [3.05, 3.63) is 40.9 Å². The van der Waals surface area contributed by atoms with Crippen molar-refractivity contribution >= 4 is 42.1 Å². The van der Waals surface area contributed by atoms with Crippen molar-refractivity contribution in [2.24, 2.45) is 0 Å². The first-order valence-electron chi connectivity index (χ1n) is 8.16. The number of halogens is 2. The molecule has 0 radical (unpaired) electrons. The van der Waals surface area contributed by atoms with E-state index in [1.165, 1.54) is 5.56 Å². The van der Waals surface area contributed by atoms with E-state index in [-0.39, 0.29) is 36.8 Å². The molecule has 3 rings (SSSR count). The molecule has 0 saturated carbocycles. The molecule has 2 atom stereocenters. The first kappa shape index (κ1) is 21.9. The number of benzene rings is 1. The maximum atomic E-state index is 12.2. The third-order valence-electron chi connectivity index (χ3n) is 4.30. The molecule has 7 heteroatoms. The number of rotatable bonds is 4. The molecule has 1 aromatic carbocycles. The summed E-state index contributed by atoms with van der Waals surface area (Å²) in [4.78, 5) is 16.8. The Morgan fingerprint density at radius 2 is 2.04 bits per heavy atom. The average molecular weight is 402 g/mol. The number of amides is 1. The van der Waals surface area contributed by atoms with Gasteiger partial charge in [0, 0.05) is 23.0 Å².